The average molecular weight is 475 g/mol. The Morgan fingerprint density at radius 1 is 0.722 bits per heavy atom. The van der Waals surface area contributed by atoms with Crippen molar-refractivity contribution >= 4 is 35.0 Å². The van der Waals surface area contributed by atoms with Crippen molar-refractivity contribution in [3.05, 3.63) is 142 Å². The summed E-state index contributed by atoms with van der Waals surface area (Å²) in [4.78, 5) is 51.4. The molecule has 0 fully saturated rings. The summed E-state index contributed by atoms with van der Waals surface area (Å²) in [6.45, 7) is 0. The summed E-state index contributed by atoms with van der Waals surface area (Å²) < 4.78 is 13.3. The molecule has 5 rings (SSSR count). The molecule has 0 bridgehead atoms. The second kappa shape index (κ2) is 9.35. The number of halogens is 1. The lowest BCUT2D eigenvalue weighted by atomic mass is 9.81. The smallest absolute Gasteiger partial charge is 0.255 e. The molecule has 6 heteroatoms. The summed E-state index contributed by atoms with van der Waals surface area (Å²) in [7, 11) is 0. The van der Waals surface area contributed by atoms with E-state index in [0.717, 1.165) is 0 Å². The van der Waals surface area contributed by atoms with Crippen LogP contribution in [0.4, 0.5) is 10.1 Å². The van der Waals surface area contributed by atoms with E-state index in [2.05, 4.69) is 5.32 Å². The Bertz CT molecular complexity index is 1590. The molecule has 1 N–H and O–H groups in total. The first-order chi connectivity index (χ1) is 17.4. The van der Waals surface area contributed by atoms with Crippen molar-refractivity contribution in [2.75, 3.05) is 5.32 Å². The lowest BCUT2D eigenvalue weighted by Crippen LogP contribution is -2.23. The first-order valence-corrected chi connectivity index (χ1v) is 11.1. The number of ketones is 3. The van der Waals surface area contributed by atoms with Gasteiger partial charge in [-0.2, -0.15) is 0 Å². The molecule has 174 valence electrons. The quantitative estimate of drug-likeness (QED) is 0.259. The van der Waals surface area contributed by atoms with E-state index in [1.54, 1.807) is 72.8 Å². The Kier molecular flexibility index (Phi) is 5.92. The molecule has 0 saturated carbocycles. The van der Waals surface area contributed by atoms with Crippen molar-refractivity contribution in [1.82, 2.24) is 0 Å². The van der Waals surface area contributed by atoms with Gasteiger partial charge in [-0.15, -0.1) is 0 Å². The fraction of sp³-hybridized carbons (Fsp3) is 0. The first kappa shape index (κ1) is 22.8. The minimum absolute atomic E-state index is 0.111. The molecule has 0 atom stereocenters. The van der Waals surface area contributed by atoms with Crippen molar-refractivity contribution in [3.63, 3.8) is 0 Å². The Labute approximate surface area is 205 Å². The number of allylic oxidation sites excluding steroid dienone is 1. The van der Waals surface area contributed by atoms with Crippen LogP contribution in [0.15, 0.2) is 97.1 Å². The molecule has 0 aromatic heterocycles. The summed E-state index contributed by atoms with van der Waals surface area (Å²) in [5.74, 6) is -1.91. The molecule has 0 aliphatic heterocycles. The van der Waals surface area contributed by atoms with Crippen LogP contribution >= 0.6 is 0 Å². The molecule has 0 radical (unpaired) electrons. The summed E-state index contributed by atoms with van der Waals surface area (Å²) >= 11 is 0. The standard InChI is InChI=1S/C30H18FNO4/c31-20-5-3-6-21(17-20)32-30(36)19-14-11-18(12-15-19)13-16-26(33)24-9-4-10-25-27(24)29(35)23-8-2-1-7-22(23)28(25)34/h1-17H,(H,32,36)/b16-13+. The van der Waals surface area contributed by atoms with Gasteiger partial charge in [0.15, 0.2) is 17.3 Å². The molecule has 1 aliphatic carbocycles. The van der Waals surface area contributed by atoms with E-state index in [0.29, 0.717) is 22.4 Å². The minimum atomic E-state index is -0.451. The Balaban J connectivity index is 1.35. The van der Waals surface area contributed by atoms with E-state index < -0.39 is 17.5 Å². The maximum atomic E-state index is 13.3. The van der Waals surface area contributed by atoms with Crippen LogP contribution < -0.4 is 5.32 Å². The van der Waals surface area contributed by atoms with Gasteiger partial charge in [0.25, 0.3) is 5.91 Å². The van der Waals surface area contributed by atoms with Gasteiger partial charge in [0, 0.05) is 39.1 Å². The third-order valence-electron chi connectivity index (χ3n) is 5.90. The summed E-state index contributed by atoms with van der Waals surface area (Å²) in [6, 6.07) is 23.3. The van der Waals surface area contributed by atoms with Crippen LogP contribution in [-0.2, 0) is 0 Å². The predicted octanol–water partition coefficient (Wildman–Crippen LogP) is 5.75. The highest BCUT2D eigenvalue weighted by molar-refractivity contribution is 6.31. The normalized spacial score (nSPS) is 12.2. The Morgan fingerprint density at radius 2 is 1.39 bits per heavy atom. The summed E-state index contributed by atoms with van der Waals surface area (Å²) in [6.07, 6.45) is 2.90. The number of hydrogen-bond acceptors (Lipinski definition) is 4. The van der Waals surface area contributed by atoms with Gasteiger partial charge in [0.05, 0.1) is 0 Å². The fourth-order valence-corrected chi connectivity index (χ4v) is 4.13. The van der Waals surface area contributed by atoms with Crippen molar-refractivity contribution in [2.24, 2.45) is 0 Å². The monoisotopic (exact) mass is 475 g/mol. The van der Waals surface area contributed by atoms with Gasteiger partial charge >= 0.3 is 0 Å². The minimum Gasteiger partial charge on any atom is -0.322 e. The van der Waals surface area contributed by atoms with Gasteiger partial charge in [0.2, 0.25) is 0 Å². The zero-order valence-corrected chi connectivity index (χ0v) is 18.8. The predicted molar refractivity (Wildman–Crippen MR) is 134 cm³/mol. The maximum absolute atomic E-state index is 13.3. The molecule has 1 amide bonds. The Morgan fingerprint density at radius 3 is 2.11 bits per heavy atom. The van der Waals surface area contributed by atoms with Crippen LogP contribution in [0.25, 0.3) is 6.08 Å². The van der Waals surface area contributed by atoms with Crippen LogP contribution in [0.3, 0.4) is 0 Å². The second-order valence-corrected chi connectivity index (χ2v) is 8.22. The van der Waals surface area contributed by atoms with Crippen molar-refractivity contribution in [2.45, 2.75) is 0 Å². The number of fused-ring (bicyclic) bond motifs is 2. The molecule has 5 nitrogen and oxygen atoms in total. The summed E-state index contributed by atoms with van der Waals surface area (Å²) in [5.41, 5.74) is 2.46. The van der Waals surface area contributed by atoms with Crippen LogP contribution in [0.5, 0.6) is 0 Å². The average Bonchev–Trinajstić information content (AvgIpc) is 2.90. The third-order valence-corrected chi connectivity index (χ3v) is 5.90. The van der Waals surface area contributed by atoms with Crippen molar-refractivity contribution in [3.8, 4) is 0 Å². The molecule has 0 saturated heterocycles. The van der Waals surface area contributed by atoms with E-state index in [-0.39, 0.29) is 33.8 Å². The Hall–Kier alpha value is -4.97. The molecule has 0 heterocycles. The number of hydrogen-bond donors (Lipinski definition) is 1. The van der Waals surface area contributed by atoms with E-state index >= 15 is 0 Å². The van der Waals surface area contributed by atoms with Crippen molar-refractivity contribution < 1.29 is 23.6 Å². The number of anilines is 1. The topological polar surface area (TPSA) is 80.3 Å². The molecule has 0 unspecified atom stereocenters. The number of carbonyl (C=O) groups excluding carboxylic acids is 4. The lowest BCUT2D eigenvalue weighted by molar-refractivity contribution is 0.0972. The number of benzene rings is 4. The van der Waals surface area contributed by atoms with E-state index in [4.69, 9.17) is 0 Å². The fourth-order valence-electron chi connectivity index (χ4n) is 4.13. The largest absolute Gasteiger partial charge is 0.322 e. The molecule has 36 heavy (non-hydrogen) atoms. The SMILES string of the molecule is O=C(Nc1cccc(F)c1)c1ccc(/C=C/C(=O)c2cccc3c2C(=O)c2ccccc2C3=O)cc1. The highest BCUT2D eigenvalue weighted by atomic mass is 19.1. The van der Waals surface area contributed by atoms with E-state index in [1.165, 1.54) is 30.3 Å². The highest BCUT2D eigenvalue weighted by Gasteiger charge is 2.32. The van der Waals surface area contributed by atoms with Crippen LogP contribution in [0, 0.1) is 5.82 Å². The molecule has 4 aromatic rings. The van der Waals surface area contributed by atoms with Gasteiger partial charge in [-0.3, -0.25) is 19.2 Å². The van der Waals surface area contributed by atoms with Crippen LogP contribution in [-0.4, -0.2) is 23.3 Å². The van der Waals surface area contributed by atoms with Gasteiger partial charge in [-0.1, -0.05) is 66.7 Å². The van der Waals surface area contributed by atoms with Gasteiger partial charge in [-0.25, -0.2) is 4.39 Å². The molecule has 1 aliphatic rings. The number of amides is 1. The van der Waals surface area contributed by atoms with Crippen molar-refractivity contribution in [1.29, 1.82) is 0 Å². The molecular weight excluding hydrogens is 457 g/mol. The first-order valence-electron chi connectivity index (χ1n) is 11.1. The maximum Gasteiger partial charge on any atom is 0.255 e. The zero-order valence-electron chi connectivity index (χ0n) is 18.8. The lowest BCUT2D eigenvalue weighted by Gasteiger charge is -2.19. The number of carbonyl (C=O) groups is 4. The van der Waals surface area contributed by atoms with Gasteiger partial charge < -0.3 is 5.32 Å². The number of rotatable bonds is 5. The van der Waals surface area contributed by atoms with Crippen LogP contribution in [0.1, 0.15) is 58.1 Å². The number of nitrogens with one attached hydrogen (secondary N) is 1. The van der Waals surface area contributed by atoms with Gasteiger partial charge in [0.1, 0.15) is 5.82 Å². The van der Waals surface area contributed by atoms with Gasteiger partial charge in [-0.05, 0) is 42.0 Å². The molecule has 0 spiro atoms. The third kappa shape index (κ3) is 4.28. The van der Waals surface area contributed by atoms with E-state index in [1.807, 2.05) is 0 Å². The van der Waals surface area contributed by atoms with Crippen LogP contribution in [0.2, 0.25) is 0 Å². The molecular formula is C30H18FNO4. The summed E-state index contributed by atoms with van der Waals surface area (Å²) in [5, 5.41) is 2.62. The highest BCUT2D eigenvalue weighted by Crippen LogP contribution is 2.30. The second-order valence-electron chi connectivity index (χ2n) is 8.22. The zero-order chi connectivity index (χ0) is 25.2. The van der Waals surface area contributed by atoms with E-state index in [9.17, 15) is 23.6 Å². The molecule has 4 aromatic carbocycles.